The molecule has 0 saturated carbocycles. The van der Waals surface area contributed by atoms with Crippen LogP contribution in [0.4, 0.5) is 5.95 Å². The second-order valence-electron chi connectivity index (χ2n) is 4.00. The molecule has 1 saturated heterocycles. The molecule has 1 aromatic rings. The second-order valence-corrected chi connectivity index (χ2v) is 4.00. The quantitative estimate of drug-likeness (QED) is 0.721. The van der Waals surface area contributed by atoms with E-state index >= 15 is 0 Å². The number of anilines is 1. The van der Waals surface area contributed by atoms with Crippen LogP contribution in [-0.4, -0.2) is 33.2 Å². The summed E-state index contributed by atoms with van der Waals surface area (Å²) in [6.45, 7) is 1.53. The Hall–Kier alpha value is -1.96. The van der Waals surface area contributed by atoms with Gasteiger partial charge in [0.25, 0.3) is 0 Å². The molecule has 18 heavy (non-hydrogen) atoms. The highest BCUT2D eigenvalue weighted by Crippen LogP contribution is 2.26. The van der Waals surface area contributed by atoms with Gasteiger partial charge in [-0.15, -0.1) is 0 Å². The molecule has 1 unspecified atom stereocenters. The summed E-state index contributed by atoms with van der Waals surface area (Å²) in [5.41, 5.74) is 4.80. The molecule has 0 spiro atoms. The van der Waals surface area contributed by atoms with Crippen LogP contribution in [0.1, 0.15) is 26.0 Å². The average molecular weight is 254 g/mol. The number of nitrogens with two attached hydrogens (primary N) is 1. The lowest BCUT2D eigenvalue weighted by Gasteiger charge is -2.14. The molecule has 1 aliphatic rings. The Morgan fingerprint density at radius 2 is 2.44 bits per heavy atom. The van der Waals surface area contributed by atoms with E-state index in [1.165, 1.54) is 17.8 Å². The Morgan fingerprint density at radius 3 is 3.11 bits per heavy atom. The molecular formula is C10H14N4O4. The van der Waals surface area contributed by atoms with Crippen molar-refractivity contribution in [2.75, 3.05) is 12.3 Å². The minimum atomic E-state index is -0.499. The van der Waals surface area contributed by atoms with Gasteiger partial charge < -0.3 is 15.2 Å². The van der Waals surface area contributed by atoms with Gasteiger partial charge in [-0.05, 0) is 12.8 Å². The van der Waals surface area contributed by atoms with Crippen LogP contribution < -0.4 is 11.4 Å². The van der Waals surface area contributed by atoms with Gasteiger partial charge in [0.05, 0.1) is 6.10 Å². The van der Waals surface area contributed by atoms with Crippen LogP contribution in [0.5, 0.6) is 0 Å². The summed E-state index contributed by atoms with van der Waals surface area (Å²) < 4.78 is 11.7. The van der Waals surface area contributed by atoms with E-state index in [9.17, 15) is 9.59 Å². The predicted octanol–water partition coefficient (Wildman–Crippen LogP) is -0.539. The summed E-state index contributed by atoms with van der Waals surface area (Å²) in [4.78, 5) is 29.5. The van der Waals surface area contributed by atoms with Crippen molar-refractivity contribution >= 4 is 11.9 Å². The molecule has 8 nitrogen and oxygen atoms in total. The number of ether oxygens (including phenoxy) is 2. The lowest BCUT2D eigenvalue weighted by molar-refractivity contribution is -0.145. The van der Waals surface area contributed by atoms with E-state index in [-0.39, 0.29) is 24.6 Å². The van der Waals surface area contributed by atoms with Crippen LogP contribution in [0.15, 0.2) is 11.1 Å². The SMILES string of the molecule is CC(=O)OC[C@@H]1CCC(n2cnc(N)nc2=O)O1. The van der Waals surface area contributed by atoms with Crippen LogP contribution >= 0.6 is 0 Å². The van der Waals surface area contributed by atoms with Gasteiger partial charge in [0.2, 0.25) is 5.95 Å². The third kappa shape index (κ3) is 2.83. The highest BCUT2D eigenvalue weighted by molar-refractivity contribution is 5.65. The number of aromatic nitrogens is 3. The lowest BCUT2D eigenvalue weighted by atomic mass is 10.2. The van der Waals surface area contributed by atoms with Gasteiger partial charge in [-0.2, -0.15) is 4.98 Å². The van der Waals surface area contributed by atoms with E-state index in [0.717, 1.165) is 0 Å². The van der Waals surface area contributed by atoms with Crippen molar-refractivity contribution < 1.29 is 14.3 Å². The molecule has 2 N–H and O–H groups in total. The molecule has 2 heterocycles. The molecule has 0 aromatic carbocycles. The fourth-order valence-corrected chi connectivity index (χ4v) is 1.78. The smallest absolute Gasteiger partial charge is 0.354 e. The number of hydrogen-bond donors (Lipinski definition) is 1. The highest BCUT2D eigenvalue weighted by Gasteiger charge is 2.28. The number of nitrogen functional groups attached to an aromatic ring is 1. The first-order valence-electron chi connectivity index (χ1n) is 5.55. The van der Waals surface area contributed by atoms with Gasteiger partial charge in [-0.3, -0.25) is 9.36 Å². The van der Waals surface area contributed by atoms with Gasteiger partial charge in [0.15, 0.2) is 0 Å². The van der Waals surface area contributed by atoms with Gasteiger partial charge in [0.1, 0.15) is 19.2 Å². The fourth-order valence-electron chi connectivity index (χ4n) is 1.78. The fraction of sp³-hybridized carbons (Fsp3) is 0.600. The van der Waals surface area contributed by atoms with E-state index in [1.54, 1.807) is 0 Å². The highest BCUT2D eigenvalue weighted by atomic mass is 16.6. The molecule has 8 heteroatoms. The Labute approximate surface area is 103 Å². The number of hydrogen-bond acceptors (Lipinski definition) is 7. The molecule has 1 aromatic heterocycles. The second kappa shape index (κ2) is 5.13. The van der Waals surface area contributed by atoms with Crippen LogP contribution in [0, 0.1) is 0 Å². The molecule has 2 rings (SSSR count). The molecule has 0 radical (unpaired) electrons. The predicted molar refractivity (Wildman–Crippen MR) is 60.5 cm³/mol. The first kappa shape index (κ1) is 12.5. The summed E-state index contributed by atoms with van der Waals surface area (Å²) in [6, 6.07) is 0. The zero-order valence-corrected chi connectivity index (χ0v) is 9.91. The summed E-state index contributed by atoms with van der Waals surface area (Å²) in [6.07, 6.45) is 2.01. The van der Waals surface area contributed by atoms with E-state index in [1.807, 2.05) is 0 Å². The standard InChI is InChI=1S/C10H14N4O4/c1-6(15)17-4-7-2-3-8(18-7)14-5-12-9(11)13-10(14)16/h5,7-8H,2-4H2,1H3,(H2,11,13,16)/t7-,8?/m0/s1. The molecule has 0 aliphatic carbocycles. The Kier molecular flexibility index (Phi) is 3.56. The number of esters is 1. The number of nitrogens with zero attached hydrogens (tertiary/aromatic N) is 3. The minimum Gasteiger partial charge on any atom is -0.463 e. The van der Waals surface area contributed by atoms with E-state index in [0.29, 0.717) is 12.8 Å². The first-order chi connectivity index (χ1) is 8.56. The van der Waals surface area contributed by atoms with Gasteiger partial charge >= 0.3 is 11.7 Å². The van der Waals surface area contributed by atoms with Crippen molar-refractivity contribution in [3.05, 3.63) is 16.8 Å². The molecule has 98 valence electrons. The Bertz CT molecular complexity index is 501. The zero-order valence-electron chi connectivity index (χ0n) is 9.91. The molecular weight excluding hydrogens is 240 g/mol. The van der Waals surface area contributed by atoms with Crippen molar-refractivity contribution in [2.24, 2.45) is 0 Å². The third-order valence-corrected chi connectivity index (χ3v) is 2.61. The van der Waals surface area contributed by atoms with Crippen molar-refractivity contribution in [2.45, 2.75) is 32.1 Å². The number of rotatable bonds is 3. The molecule has 1 fully saturated rings. The maximum absolute atomic E-state index is 11.6. The van der Waals surface area contributed by atoms with Gasteiger partial charge in [-0.25, -0.2) is 9.78 Å². The maximum Gasteiger partial charge on any atom is 0.354 e. The van der Waals surface area contributed by atoms with Crippen molar-refractivity contribution in [3.63, 3.8) is 0 Å². The summed E-state index contributed by atoms with van der Waals surface area (Å²) in [5.74, 6) is -0.416. The van der Waals surface area contributed by atoms with E-state index in [2.05, 4.69) is 9.97 Å². The summed E-state index contributed by atoms with van der Waals surface area (Å²) in [5, 5.41) is 0. The first-order valence-corrected chi connectivity index (χ1v) is 5.55. The molecule has 1 aliphatic heterocycles. The van der Waals surface area contributed by atoms with Crippen molar-refractivity contribution in [3.8, 4) is 0 Å². The minimum absolute atomic E-state index is 0.0642. The van der Waals surface area contributed by atoms with E-state index < -0.39 is 11.9 Å². The van der Waals surface area contributed by atoms with Gasteiger partial charge in [0, 0.05) is 6.92 Å². The van der Waals surface area contributed by atoms with Gasteiger partial charge in [-0.1, -0.05) is 0 Å². The lowest BCUT2D eigenvalue weighted by Crippen LogP contribution is -2.29. The normalized spacial score (nSPS) is 22.9. The van der Waals surface area contributed by atoms with Crippen LogP contribution in [0.2, 0.25) is 0 Å². The molecule has 2 atom stereocenters. The zero-order chi connectivity index (χ0) is 13.1. The largest absolute Gasteiger partial charge is 0.463 e. The van der Waals surface area contributed by atoms with Crippen LogP contribution in [0.25, 0.3) is 0 Å². The third-order valence-electron chi connectivity index (χ3n) is 2.61. The average Bonchev–Trinajstić information content (AvgIpc) is 2.75. The number of carbonyl (C=O) groups excluding carboxylic acids is 1. The topological polar surface area (TPSA) is 109 Å². The summed E-state index contributed by atoms with van der Waals surface area (Å²) in [7, 11) is 0. The van der Waals surface area contributed by atoms with Crippen molar-refractivity contribution in [1.82, 2.24) is 14.5 Å². The van der Waals surface area contributed by atoms with Crippen LogP contribution in [-0.2, 0) is 14.3 Å². The number of carbonyl (C=O) groups is 1. The molecule has 0 amide bonds. The summed E-state index contributed by atoms with van der Waals surface area (Å²) >= 11 is 0. The molecule has 0 bridgehead atoms. The van der Waals surface area contributed by atoms with E-state index in [4.69, 9.17) is 15.2 Å². The Balaban J connectivity index is 2.00. The van der Waals surface area contributed by atoms with Crippen molar-refractivity contribution in [1.29, 1.82) is 0 Å². The maximum atomic E-state index is 11.6. The monoisotopic (exact) mass is 254 g/mol. The Morgan fingerprint density at radius 1 is 1.67 bits per heavy atom. The van der Waals surface area contributed by atoms with Crippen LogP contribution in [0.3, 0.4) is 0 Å².